The molecule has 96 valence electrons. The molecule has 1 N–H and O–H groups in total. The Morgan fingerprint density at radius 1 is 1.47 bits per heavy atom. The monoisotopic (exact) mass is 256 g/mol. The molecule has 0 fully saturated rings. The van der Waals surface area contributed by atoms with Crippen LogP contribution < -0.4 is 0 Å². The summed E-state index contributed by atoms with van der Waals surface area (Å²) in [6, 6.07) is 0.201. The first kappa shape index (κ1) is 14.1. The molecular formula is C12H20N2O2S. The predicted octanol–water partition coefficient (Wildman–Crippen LogP) is 2.80. The molecule has 0 aromatic carbocycles. The zero-order valence-electron chi connectivity index (χ0n) is 11.0. The Bertz CT molecular complexity index is 399. The number of hydrogen-bond acceptors (Lipinski definition) is 4. The number of carbonyl (C=O) groups is 1. The van der Waals surface area contributed by atoms with Crippen molar-refractivity contribution < 1.29 is 9.90 Å². The van der Waals surface area contributed by atoms with E-state index in [0.717, 1.165) is 11.4 Å². The maximum absolute atomic E-state index is 11.0. The first-order valence-corrected chi connectivity index (χ1v) is 6.51. The van der Waals surface area contributed by atoms with Gasteiger partial charge in [0.1, 0.15) is 9.88 Å². The quantitative estimate of drug-likeness (QED) is 0.880. The fraction of sp³-hybridized carbons (Fsp3) is 0.667. The van der Waals surface area contributed by atoms with Gasteiger partial charge in [0, 0.05) is 0 Å². The van der Waals surface area contributed by atoms with Crippen molar-refractivity contribution in [1.82, 2.24) is 9.88 Å². The van der Waals surface area contributed by atoms with Crippen LogP contribution in [-0.4, -0.2) is 35.1 Å². The topological polar surface area (TPSA) is 53.4 Å². The smallest absolute Gasteiger partial charge is 0.347 e. The summed E-state index contributed by atoms with van der Waals surface area (Å²) in [6.07, 6.45) is 0.985. The summed E-state index contributed by atoms with van der Waals surface area (Å²) in [6.45, 7) is 6.08. The summed E-state index contributed by atoms with van der Waals surface area (Å²) in [5.41, 5.74) is 0.619. The molecule has 1 atom stereocenters. The van der Waals surface area contributed by atoms with Crippen LogP contribution in [0.15, 0.2) is 0 Å². The Balaban J connectivity index is 3.03. The third-order valence-electron chi connectivity index (χ3n) is 2.61. The van der Waals surface area contributed by atoms with E-state index in [2.05, 4.69) is 23.7 Å². The van der Waals surface area contributed by atoms with Gasteiger partial charge in [-0.15, -0.1) is 11.3 Å². The molecule has 0 saturated heterocycles. The van der Waals surface area contributed by atoms with E-state index >= 15 is 0 Å². The van der Waals surface area contributed by atoms with Gasteiger partial charge < -0.3 is 10.0 Å². The third-order valence-corrected chi connectivity index (χ3v) is 3.86. The van der Waals surface area contributed by atoms with Crippen LogP contribution in [0.25, 0.3) is 0 Å². The second-order valence-electron chi connectivity index (χ2n) is 4.88. The fourth-order valence-electron chi connectivity index (χ4n) is 1.74. The highest BCUT2D eigenvalue weighted by atomic mass is 32.1. The van der Waals surface area contributed by atoms with Crippen molar-refractivity contribution in [3.8, 4) is 0 Å². The van der Waals surface area contributed by atoms with Crippen LogP contribution >= 0.6 is 11.3 Å². The molecule has 0 radical (unpaired) electrons. The number of aromatic carboxylic acids is 1. The lowest BCUT2D eigenvalue weighted by atomic mass is 10.0. The van der Waals surface area contributed by atoms with Crippen molar-refractivity contribution >= 4 is 17.3 Å². The minimum Gasteiger partial charge on any atom is -0.477 e. The van der Waals surface area contributed by atoms with Crippen LogP contribution in [0.1, 0.15) is 46.7 Å². The van der Waals surface area contributed by atoms with Gasteiger partial charge in [-0.2, -0.15) is 0 Å². The maximum atomic E-state index is 11.0. The molecule has 1 aromatic rings. The molecule has 0 amide bonds. The highest BCUT2D eigenvalue weighted by Gasteiger charge is 2.22. The lowest BCUT2D eigenvalue weighted by molar-refractivity contribution is 0.0701. The van der Waals surface area contributed by atoms with Gasteiger partial charge in [0.2, 0.25) is 0 Å². The van der Waals surface area contributed by atoms with Gasteiger partial charge >= 0.3 is 5.97 Å². The normalized spacial score (nSPS) is 13.4. The van der Waals surface area contributed by atoms with Gasteiger partial charge in [-0.3, -0.25) is 0 Å². The molecule has 0 aliphatic heterocycles. The molecule has 0 bridgehead atoms. The van der Waals surface area contributed by atoms with Crippen LogP contribution in [-0.2, 0) is 0 Å². The molecule has 0 aliphatic carbocycles. The molecule has 5 heteroatoms. The molecule has 1 unspecified atom stereocenters. The lowest BCUT2D eigenvalue weighted by Gasteiger charge is -2.23. The van der Waals surface area contributed by atoms with E-state index in [1.165, 1.54) is 11.3 Å². The standard InChI is InChI=1S/C12H20N2O2S/c1-7(2)6-9(14(4)5)11-13-8(3)10(17-11)12(15)16/h7,9H,6H2,1-5H3,(H,15,16). The lowest BCUT2D eigenvalue weighted by Crippen LogP contribution is -2.21. The summed E-state index contributed by atoms with van der Waals surface area (Å²) in [5.74, 6) is -0.326. The molecule has 1 heterocycles. The van der Waals surface area contributed by atoms with Gasteiger partial charge in [0.05, 0.1) is 11.7 Å². The summed E-state index contributed by atoms with van der Waals surface area (Å²) >= 11 is 1.29. The number of aryl methyl sites for hydroxylation is 1. The SMILES string of the molecule is Cc1nc(C(CC(C)C)N(C)C)sc1C(=O)O. The Morgan fingerprint density at radius 3 is 2.41 bits per heavy atom. The number of hydrogen-bond donors (Lipinski definition) is 1. The van der Waals surface area contributed by atoms with E-state index in [4.69, 9.17) is 5.11 Å². The molecule has 4 nitrogen and oxygen atoms in total. The Morgan fingerprint density at radius 2 is 2.06 bits per heavy atom. The molecule has 0 spiro atoms. The largest absolute Gasteiger partial charge is 0.477 e. The molecule has 1 aromatic heterocycles. The summed E-state index contributed by atoms with van der Waals surface area (Å²) in [7, 11) is 4.01. The first-order valence-electron chi connectivity index (χ1n) is 5.70. The first-order chi connectivity index (χ1) is 7.82. The average molecular weight is 256 g/mol. The van der Waals surface area contributed by atoms with Crippen molar-refractivity contribution in [2.45, 2.75) is 33.2 Å². The molecular weight excluding hydrogens is 236 g/mol. The minimum atomic E-state index is -0.881. The van der Waals surface area contributed by atoms with Crippen LogP contribution in [0, 0.1) is 12.8 Å². The maximum Gasteiger partial charge on any atom is 0.347 e. The van der Waals surface area contributed by atoms with E-state index in [0.29, 0.717) is 16.5 Å². The Labute approximate surface area is 106 Å². The van der Waals surface area contributed by atoms with Gasteiger partial charge in [-0.1, -0.05) is 13.8 Å². The number of thiazole rings is 1. The van der Waals surface area contributed by atoms with E-state index in [9.17, 15) is 4.79 Å². The summed E-state index contributed by atoms with van der Waals surface area (Å²) in [4.78, 5) is 17.9. The van der Waals surface area contributed by atoms with Gasteiger partial charge in [-0.05, 0) is 33.4 Å². The molecule has 0 aliphatic rings. The predicted molar refractivity (Wildman–Crippen MR) is 69.7 cm³/mol. The van der Waals surface area contributed by atoms with Crippen LogP contribution in [0.4, 0.5) is 0 Å². The van der Waals surface area contributed by atoms with Gasteiger partial charge in [0.15, 0.2) is 0 Å². The summed E-state index contributed by atoms with van der Waals surface area (Å²) in [5, 5.41) is 9.94. The van der Waals surface area contributed by atoms with Crippen LogP contribution in [0.2, 0.25) is 0 Å². The van der Waals surface area contributed by atoms with Crippen molar-refractivity contribution in [3.63, 3.8) is 0 Å². The highest BCUT2D eigenvalue weighted by Crippen LogP contribution is 2.30. The number of rotatable bonds is 5. The number of carboxylic acids is 1. The van der Waals surface area contributed by atoms with Crippen molar-refractivity contribution in [1.29, 1.82) is 0 Å². The summed E-state index contributed by atoms with van der Waals surface area (Å²) < 4.78 is 0. The van der Waals surface area contributed by atoms with E-state index < -0.39 is 5.97 Å². The minimum absolute atomic E-state index is 0.201. The Kier molecular flexibility index (Phi) is 4.65. The second kappa shape index (κ2) is 5.60. The van der Waals surface area contributed by atoms with Crippen LogP contribution in [0.5, 0.6) is 0 Å². The average Bonchev–Trinajstić information content (AvgIpc) is 2.55. The molecule has 17 heavy (non-hydrogen) atoms. The fourth-order valence-corrected chi connectivity index (χ4v) is 2.85. The van der Waals surface area contributed by atoms with E-state index in [-0.39, 0.29) is 6.04 Å². The molecule has 1 rings (SSSR count). The van der Waals surface area contributed by atoms with Crippen molar-refractivity contribution in [3.05, 3.63) is 15.6 Å². The number of aromatic nitrogens is 1. The van der Waals surface area contributed by atoms with Crippen molar-refractivity contribution in [2.24, 2.45) is 5.92 Å². The highest BCUT2D eigenvalue weighted by molar-refractivity contribution is 7.13. The second-order valence-corrected chi connectivity index (χ2v) is 5.91. The van der Waals surface area contributed by atoms with E-state index in [1.54, 1.807) is 6.92 Å². The third kappa shape index (κ3) is 3.51. The number of nitrogens with zero attached hydrogens (tertiary/aromatic N) is 2. The van der Waals surface area contributed by atoms with Crippen molar-refractivity contribution in [2.75, 3.05) is 14.1 Å². The number of carboxylic acid groups (broad SMARTS) is 1. The van der Waals surface area contributed by atoms with E-state index in [1.807, 2.05) is 14.1 Å². The zero-order chi connectivity index (χ0) is 13.2. The zero-order valence-corrected chi connectivity index (χ0v) is 11.8. The molecule has 0 saturated carbocycles. The Hall–Kier alpha value is -0.940. The van der Waals surface area contributed by atoms with Gasteiger partial charge in [-0.25, -0.2) is 9.78 Å². The van der Waals surface area contributed by atoms with Crippen LogP contribution in [0.3, 0.4) is 0 Å². The van der Waals surface area contributed by atoms with Gasteiger partial charge in [0.25, 0.3) is 0 Å².